The quantitative estimate of drug-likeness (QED) is 0.663. The number of aryl methyl sites for hydroxylation is 1. The number of hydrogen-bond acceptors (Lipinski definition) is 5. The highest BCUT2D eigenvalue weighted by molar-refractivity contribution is 5.83. The van der Waals surface area contributed by atoms with Crippen molar-refractivity contribution in [2.75, 3.05) is 13.4 Å². The number of carbonyl (C=O) groups excluding carboxylic acids is 1. The van der Waals surface area contributed by atoms with Crippen molar-refractivity contribution in [2.45, 2.75) is 26.7 Å². The van der Waals surface area contributed by atoms with Crippen LogP contribution in [0.15, 0.2) is 23.3 Å². The van der Waals surface area contributed by atoms with Gasteiger partial charge in [0.2, 0.25) is 6.79 Å². The lowest BCUT2D eigenvalue weighted by Gasteiger charge is -2.04. The van der Waals surface area contributed by atoms with Crippen molar-refractivity contribution in [3.8, 4) is 11.5 Å². The topological polar surface area (TPSA) is 69.2 Å². The number of nitrogens with one attached hydrogen (secondary N) is 1. The smallest absolute Gasteiger partial charge is 0.427 e. The Bertz CT molecular complexity index is 514. The van der Waals surface area contributed by atoms with Gasteiger partial charge in [-0.05, 0) is 44.4 Å². The van der Waals surface area contributed by atoms with Gasteiger partial charge in [0.25, 0.3) is 0 Å². The minimum atomic E-state index is -0.532. The van der Waals surface area contributed by atoms with Crippen LogP contribution < -0.4 is 14.9 Å². The van der Waals surface area contributed by atoms with Crippen molar-refractivity contribution in [3.63, 3.8) is 0 Å². The zero-order chi connectivity index (χ0) is 14.4. The average molecular weight is 278 g/mol. The van der Waals surface area contributed by atoms with Crippen LogP contribution in [0.2, 0.25) is 0 Å². The lowest BCUT2D eigenvalue weighted by atomic mass is 10.1. The Balaban J connectivity index is 1.82. The minimum Gasteiger partial charge on any atom is -0.454 e. The molecule has 1 aliphatic heterocycles. The molecular formula is C14H18N2O4. The molecule has 0 bridgehead atoms. The fourth-order valence-electron chi connectivity index (χ4n) is 1.78. The number of benzene rings is 1. The molecule has 0 unspecified atom stereocenters. The Hall–Kier alpha value is -2.24. The normalized spacial score (nSPS) is 13.2. The van der Waals surface area contributed by atoms with Gasteiger partial charge in [0, 0.05) is 5.71 Å². The van der Waals surface area contributed by atoms with Crippen molar-refractivity contribution in [2.24, 2.45) is 5.10 Å². The van der Waals surface area contributed by atoms with Crippen LogP contribution >= 0.6 is 0 Å². The number of rotatable bonds is 5. The zero-order valence-corrected chi connectivity index (χ0v) is 11.6. The molecule has 108 valence electrons. The molecule has 1 N–H and O–H groups in total. The Labute approximate surface area is 117 Å². The number of fused-ring (bicyclic) bond motifs is 1. The largest absolute Gasteiger partial charge is 0.454 e. The lowest BCUT2D eigenvalue weighted by molar-refractivity contribution is 0.152. The van der Waals surface area contributed by atoms with Gasteiger partial charge in [-0.1, -0.05) is 6.07 Å². The van der Waals surface area contributed by atoms with Gasteiger partial charge in [0.1, 0.15) is 0 Å². The van der Waals surface area contributed by atoms with E-state index in [0.717, 1.165) is 35.6 Å². The standard InChI is InChI=1S/C14H18N2O4/c1-3-18-14(17)16-15-10(2)4-5-11-6-7-12-13(8-11)20-9-19-12/h6-8H,3-5,9H2,1-2H3,(H,16,17)/b15-10+. The van der Waals surface area contributed by atoms with Gasteiger partial charge in [-0.25, -0.2) is 10.2 Å². The maximum absolute atomic E-state index is 11.1. The van der Waals surface area contributed by atoms with E-state index in [4.69, 9.17) is 14.2 Å². The molecule has 6 nitrogen and oxygen atoms in total. The van der Waals surface area contributed by atoms with Crippen LogP contribution in [0.1, 0.15) is 25.8 Å². The van der Waals surface area contributed by atoms with Crippen LogP contribution in [0.4, 0.5) is 4.79 Å². The van der Waals surface area contributed by atoms with Crippen molar-refractivity contribution < 1.29 is 19.0 Å². The second-order valence-corrected chi connectivity index (χ2v) is 4.37. The van der Waals surface area contributed by atoms with E-state index in [1.807, 2.05) is 25.1 Å². The summed E-state index contributed by atoms with van der Waals surface area (Å²) in [5, 5.41) is 3.97. The molecule has 0 spiro atoms. The second kappa shape index (κ2) is 6.79. The molecule has 0 aliphatic carbocycles. The average Bonchev–Trinajstić information content (AvgIpc) is 2.90. The third-order valence-corrected chi connectivity index (χ3v) is 2.83. The third-order valence-electron chi connectivity index (χ3n) is 2.83. The molecule has 1 amide bonds. The summed E-state index contributed by atoms with van der Waals surface area (Å²) in [4.78, 5) is 11.1. The fourth-order valence-corrected chi connectivity index (χ4v) is 1.78. The van der Waals surface area contributed by atoms with Crippen LogP contribution in [0, 0.1) is 0 Å². The maximum Gasteiger partial charge on any atom is 0.427 e. The second-order valence-electron chi connectivity index (χ2n) is 4.37. The number of nitrogens with zero attached hydrogens (tertiary/aromatic N) is 1. The van der Waals surface area contributed by atoms with Crippen molar-refractivity contribution in [1.82, 2.24) is 5.43 Å². The number of ether oxygens (including phenoxy) is 3. The van der Waals surface area contributed by atoms with Crippen molar-refractivity contribution in [3.05, 3.63) is 23.8 Å². The Kier molecular flexibility index (Phi) is 4.81. The molecule has 0 atom stereocenters. The number of hydrazone groups is 1. The van der Waals surface area contributed by atoms with E-state index >= 15 is 0 Å². The number of hydrogen-bond donors (Lipinski definition) is 1. The first-order chi connectivity index (χ1) is 9.69. The van der Waals surface area contributed by atoms with Gasteiger partial charge in [0.15, 0.2) is 11.5 Å². The summed E-state index contributed by atoms with van der Waals surface area (Å²) < 4.78 is 15.3. The van der Waals surface area contributed by atoms with E-state index in [-0.39, 0.29) is 6.79 Å². The van der Waals surface area contributed by atoms with E-state index < -0.39 is 6.09 Å². The van der Waals surface area contributed by atoms with Crippen LogP contribution in [0.25, 0.3) is 0 Å². The van der Waals surface area contributed by atoms with Gasteiger partial charge in [0.05, 0.1) is 6.61 Å². The van der Waals surface area contributed by atoms with Crippen molar-refractivity contribution >= 4 is 11.8 Å². The summed E-state index contributed by atoms with van der Waals surface area (Å²) in [7, 11) is 0. The Morgan fingerprint density at radius 2 is 2.20 bits per heavy atom. The SMILES string of the molecule is CCOC(=O)N/N=C(\C)CCc1ccc2c(c1)OCO2. The predicted molar refractivity (Wildman–Crippen MR) is 74.2 cm³/mol. The first kappa shape index (κ1) is 14.2. The first-order valence-electron chi connectivity index (χ1n) is 6.53. The van der Waals surface area contributed by atoms with Gasteiger partial charge in [-0.2, -0.15) is 5.10 Å². The minimum absolute atomic E-state index is 0.280. The molecule has 2 rings (SSSR count). The molecule has 20 heavy (non-hydrogen) atoms. The van der Waals surface area contributed by atoms with Crippen LogP contribution in [-0.2, 0) is 11.2 Å². The van der Waals surface area contributed by atoms with E-state index in [1.165, 1.54) is 0 Å². The molecule has 1 aromatic rings. The van der Waals surface area contributed by atoms with Crippen LogP contribution in [0.5, 0.6) is 11.5 Å². The number of amides is 1. The molecule has 1 aromatic carbocycles. The zero-order valence-electron chi connectivity index (χ0n) is 11.6. The molecule has 6 heteroatoms. The van der Waals surface area contributed by atoms with Crippen molar-refractivity contribution in [1.29, 1.82) is 0 Å². The highest BCUT2D eigenvalue weighted by Gasteiger charge is 2.13. The summed E-state index contributed by atoms with van der Waals surface area (Å²) in [6.45, 7) is 4.22. The molecule has 0 radical (unpaired) electrons. The van der Waals surface area contributed by atoms with E-state index in [2.05, 4.69) is 10.5 Å². The third kappa shape index (κ3) is 3.88. The Morgan fingerprint density at radius 1 is 1.40 bits per heavy atom. The van der Waals surface area contributed by atoms with Gasteiger partial charge in [-0.3, -0.25) is 0 Å². The fraction of sp³-hybridized carbons (Fsp3) is 0.429. The van der Waals surface area contributed by atoms with Gasteiger partial charge in [-0.15, -0.1) is 0 Å². The molecule has 1 heterocycles. The summed E-state index contributed by atoms with van der Waals surface area (Å²) >= 11 is 0. The summed E-state index contributed by atoms with van der Waals surface area (Å²) in [6.07, 6.45) is 1.03. The molecule has 0 fully saturated rings. The van der Waals surface area contributed by atoms with Gasteiger partial charge >= 0.3 is 6.09 Å². The Morgan fingerprint density at radius 3 is 3.00 bits per heavy atom. The first-order valence-corrected chi connectivity index (χ1v) is 6.53. The van der Waals surface area contributed by atoms with E-state index in [0.29, 0.717) is 6.61 Å². The van der Waals surface area contributed by atoms with Crippen LogP contribution in [-0.4, -0.2) is 25.2 Å². The summed E-state index contributed by atoms with van der Waals surface area (Å²) in [5.74, 6) is 1.56. The van der Waals surface area contributed by atoms with Crippen LogP contribution in [0.3, 0.4) is 0 Å². The highest BCUT2D eigenvalue weighted by atomic mass is 16.7. The van der Waals surface area contributed by atoms with Gasteiger partial charge < -0.3 is 14.2 Å². The lowest BCUT2D eigenvalue weighted by Crippen LogP contribution is -2.20. The summed E-state index contributed by atoms with van der Waals surface area (Å²) in [5.41, 5.74) is 4.31. The molecule has 0 saturated carbocycles. The summed E-state index contributed by atoms with van der Waals surface area (Å²) in [6, 6.07) is 5.87. The molecule has 1 aliphatic rings. The predicted octanol–water partition coefficient (Wildman–Crippen LogP) is 2.47. The molecule has 0 saturated heterocycles. The molecular weight excluding hydrogens is 260 g/mol. The monoisotopic (exact) mass is 278 g/mol. The number of carbonyl (C=O) groups is 1. The maximum atomic E-state index is 11.1. The van der Waals surface area contributed by atoms with E-state index in [9.17, 15) is 4.79 Å². The molecule has 0 aromatic heterocycles. The van der Waals surface area contributed by atoms with E-state index in [1.54, 1.807) is 6.92 Å². The highest BCUT2D eigenvalue weighted by Crippen LogP contribution is 2.32.